The van der Waals surface area contributed by atoms with E-state index in [2.05, 4.69) is 0 Å². The Balaban J connectivity index is 2.08. The molecule has 1 aliphatic rings. The van der Waals surface area contributed by atoms with Gasteiger partial charge in [0.05, 0.1) is 11.0 Å². The summed E-state index contributed by atoms with van der Waals surface area (Å²) in [5.41, 5.74) is 1.86. The number of ether oxygens (including phenoxy) is 1. The largest absolute Gasteiger partial charge is 0.461 e. The molecular weight excluding hydrogens is 340 g/mol. The van der Waals surface area contributed by atoms with Gasteiger partial charge in [0.25, 0.3) is 11.1 Å². The van der Waals surface area contributed by atoms with Crippen molar-refractivity contribution in [1.29, 1.82) is 0 Å². The zero-order valence-electron chi connectivity index (χ0n) is 14.8. The second-order valence-corrected chi connectivity index (χ2v) is 6.96. The van der Waals surface area contributed by atoms with E-state index in [4.69, 9.17) is 4.74 Å². The van der Waals surface area contributed by atoms with Crippen molar-refractivity contribution in [2.75, 3.05) is 25.5 Å². The van der Waals surface area contributed by atoms with Gasteiger partial charge in [-0.3, -0.25) is 19.3 Å². The molecule has 2 rings (SSSR count). The minimum absolute atomic E-state index is 0.238. The van der Waals surface area contributed by atoms with Crippen LogP contribution < -0.4 is 4.90 Å². The normalized spacial score (nSPS) is 17.1. The Morgan fingerprint density at radius 1 is 1.28 bits per heavy atom. The van der Waals surface area contributed by atoms with Gasteiger partial charge in [0.1, 0.15) is 6.54 Å². The van der Waals surface area contributed by atoms with Crippen molar-refractivity contribution in [1.82, 2.24) is 4.90 Å². The Labute approximate surface area is 151 Å². The molecular formula is C18H22N2O4S. The van der Waals surface area contributed by atoms with Crippen molar-refractivity contribution in [3.8, 4) is 0 Å². The molecule has 0 unspecified atom stereocenters. The lowest BCUT2D eigenvalue weighted by atomic mass is 10.2. The van der Waals surface area contributed by atoms with E-state index in [1.54, 1.807) is 13.0 Å². The van der Waals surface area contributed by atoms with Gasteiger partial charge in [-0.15, -0.1) is 0 Å². The van der Waals surface area contributed by atoms with Crippen molar-refractivity contribution >= 4 is 40.6 Å². The summed E-state index contributed by atoms with van der Waals surface area (Å²) in [6.45, 7) is 3.30. The highest BCUT2D eigenvalue weighted by Gasteiger charge is 2.36. The van der Waals surface area contributed by atoms with Crippen LogP contribution in [0.2, 0.25) is 0 Å². The first-order chi connectivity index (χ1) is 11.8. The fourth-order valence-corrected chi connectivity index (χ4v) is 2.97. The maximum absolute atomic E-state index is 12.4. The molecule has 0 aromatic heterocycles. The summed E-state index contributed by atoms with van der Waals surface area (Å²) in [5, 5.41) is -0.456. The fraction of sp³-hybridized carbons (Fsp3) is 0.389. The first-order valence-corrected chi connectivity index (χ1v) is 8.85. The van der Waals surface area contributed by atoms with Gasteiger partial charge in [-0.05, 0) is 48.9 Å². The van der Waals surface area contributed by atoms with Crippen LogP contribution >= 0.6 is 11.8 Å². The van der Waals surface area contributed by atoms with Crippen LogP contribution in [0.5, 0.6) is 0 Å². The van der Waals surface area contributed by atoms with E-state index in [1.165, 1.54) is 0 Å². The number of hydrogen-bond acceptors (Lipinski definition) is 6. The van der Waals surface area contributed by atoms with E-state index >= 15 is 0 Å². The van der Waals surface area contributed by atoms with Crippen LogP contribution in [-0.4, -0.2) is 48.8 Å². The van der Waals surface area contributed by atoms with Crippen LogP contribution in [0, 0.1) is 0 Å². The molecule has 1 aromatic carbocycles. The summed E-state index contributed by atoms with van der Waals surface area (Å²) < 4.78 is 5.13. The van der Waals surface area contributed by atoms with Crippen LogP contribution in [0.1, 0.15) is 25.8 Å². The summed E-state index contributed by atoms with van der Waals surface area (Å²) >= 11 is 0.834. The Morgan fingerprint density at radius 2 is 1.92 bits per heavy atom. The number of amides is 2. The van der Waals surface area contributed by atoms with Gasteiger partial charge in [0.2, 0.25) is 0 Å². The third-order valence-corrected chi connectivity index (χ3v) is 4.68. The van der Waals surface area contributed by atoms with Crippen LogP contribution in [0.15, 0.2) is 29.2 Å². The van der Waals surface area contributed by atoms with Crippen LogP contribution in [0.25, 0.3) is 6.08 Å². The summed E-state index contributed by atoms with van der Waals surface area (Å²) in [7, 11) is 3.89. The number of imide groups is 1. The van der Waals surface area contributed by atoms with Crippen LogP contribution in [0.4, 0.5) is 10.5 Å². The van der Waals surface area contributed by atoms with Gasteiger partial charge in [-0.25, -0.2) is 0 Å². The average molecular weight is 362 g/mol. The van der Waals surface area contributed by atoms with E-state index in [0.717, 1.165) is 27.9 Å². The molecule has 0 saturated carbocycles. The molecule has 1 heterocycles. The molecule has 1 aliphatic heterocycles. The van der Waals surface area contributed by atoms with Gasteiger partial charge in [0, 0.05) is 19.8 Å². The van der Waals surface area contributed by atoms with Crippen molar-refractivity contribution < 1.29 is 19.1 Å². The molecule has 134 valence electrons. The van der Waals surface area contributed by atoms with Gasteiger partial charge in [-0.1, -0.05) is 19.1 Å². The number of thioether (sulfide) groups is 1. The third kappa shape index (κ3) is 4.85. The Hall–Kier alpha value is -2.28. The van der Waals surface area contributed by atoms with Crippen molar-refractivity contribution in [2.45, 2.75) is 26.4 Å². The molecule has 7 heteroatoms. The van der Waals surface area contributed by atoms with Gasteiger partial charge >= 0.3 is 5.97 Å². The maximum Gasteiger partial charge on any atom is 0.326 e. The number of nitrogens with zero attached hydrogens (tertiary/aromatic N) is 2. The minimum Gasteiger partial charge on any atom is -0.461 e. The Bertz CT molecular complexity index is 698. The Kier molecular flexibility index (Phi) is 6.25. The second kappa shape index (κ2) is 8.20. The molecule has 1 saturated heterocycles. The lowest BCUT2D eigenvalue weighted by molar-refractivity contribution is -0.150. The SMILES string of the molecule is CC[C@H](C)OC(=O)CN1C(=O)S/C(=C/c2ccc(N(C)C)cc2)C1=O. The number of esters is 1. The van der Waals surface area contributed by atoms with Gasteiger partial charge in [0.15, 0.2) is 0 Å². The molecule has 1 fully saturated rings. The van der Waals surface area contributed by atoms with E-state index in [1.807, 2.05) is 50.2 Å². The molecule has 0 spiro atoms. The summed E-state index contributed by atoms with van der Waals surface area (Å²) in [6, 6.07) is 7.61. The molecule has 0 N–H and O–H groups in total. The summed E-state index contributed by atoms with van der Waals surface area (Å²) in [6.07, 6.45) is 2.10. The molecule has 0 aliphatic carbocycles. The number of benzene rings is 1. The molecule has 2 amide bonds. The smallest absolute Gasteiger partial charge is 0.326 e. The monoisotopic (exact) mass is 362 g/mol. The zero-order chi connectivity index (χ0) is 18.6. The number of anilines is 1. The topological polar surface area (TPSA) is 66.9 Å². The molecule has 1 aromatic rings. The molecule has 0 radical (unpaired) electrons. The quantitative estimate of drug-likeness (QED) is 0.572. The third-order valence-electron chi connectivity index (χ3n) is 3.78. The predicted molar refractivity (Wildman–Crippen MR) is 99.3 cm³/mol. The summed E-state index contributed by atoms with van der Waals surface area (Å²) in [5.74, 6) is -1.04. The zero-order valence-corrected chi connectivity index (χ0v) is 15.6. The van der Waals surface area contributed by atoms with Crippen LogP contribution in [0.3, 0.4) is 0 Å². The lowest BCUT2D eigenvalue weighted by Gasteiger charge is -2.14. The maximum atomic E-state index is 12.4. The first-order valence-electron chi connectivity index (χ1n) is 8.04. The molecule has 1 atom stereocenters. The van der Waals surface area contributed by atoms with E-state index in [9.17, 15) is 14.4 Å². The molecule has 6 nitrogen and oxygen atoms in total. The highest BCUT2D eigenvalue weighted by atomic mass is 32.2. The highest BCUT2D eigenvalue weighted by molar-refractivity contribution is 8.18. The van der Waals surface area contributed by atoms with Gasteiger partial charge in [-0.2, -0.15) is 0 Å². The van der Waals surface area contributed by atoms with E-state index < -0.39 is 17.1 Å². The van der Waals surface area contributed by atoms with E-state index in [0.29, 0.717) is 11.3 Å². The number of carbonyl (C=O) groups excluding carboxylic acids is 3. The number of hydrogen-bond donors (Lipinski definition) is 0. The summed E-state index contributed by atoms with van der Waals surface area (Å²) in [4.78, 5) is 39.4. The minimum atomic E-state index is -0.576. The van der Waals surface area contributed by atoms with Crippen molar-refractivity contribution in [3.05, 3.63) is 34.7 Å². The molecule has 25 heavy (non-hydrogen) atoms. The number of carbonyl (C=O) groups is 3. The highest BCUT2D eigenvalue weighted by Crippen LogP contribution is 2.32. The fourth-order valence-electron chi connectivity index (χ4n) is 2.13. The average Bonchev–Trinajstić information content (AvgIpc) is 2.82. The number of rotatable bonds is 6. The Morgan fingerprint density at radius 3 is 2.48 bits per heavy atom. The molecule has 0 bridgehead atoms. The van der Waals surface area contributed by atoms with E-state index in [-0.39, 0.29) is 12.6 Å². The van der Waals surface area contributed by atoms with Crippen molar-refractivity contribution in [3.63, 3.8) is 0 Å². The lowest BCUT2D eigenvalue weighted by Crippen LogP contribution is -2.35. The van der Waals surface area contributed by atoms with Crippen molar-refractivity contribution in [2.24, 2.45) is 0 Å². The van der Waals surface area contributed by atoms with Crippen LogP contribution in [-0.2, 0) is 14.3 Å². The van der Waals surface area contributed by atoms with Gasteiger partial charge < -0.3 is 9.64 Å². The standard InChI is InChI=1S/C18H22N2O4S/c1-5-12(2)24-16(21)11-20-17(22)15(25-18(20)23)10-13-6-8-14(9-7-13)19(3)4/h6-10,12H,5,11H2,1-4H3/b15-10+/t12-/m0/s1. The predicted octanol–water partition coefficient (Wildman–Crippen LogP) is 3.13. The first kappa shape index (κ1) is 19.1. The second-order valence-electron chi connectivity index (χ2n) is 5.96.